The lowest BCUT2D eigenvalue weighted by Crippen LogP contribution is -2.14. The van der Waals surface area contributed by atoms with Gasteiger partial charge in [-0.05, 0) is 19.9 Å². The van der Waals surface area contributed by atoms with Crippen LogP contribution in [0.1, 0.15) is 13.8 Å². The molecular weight excluding hydrogens is 162 g/mol. The first-order valence-corrected chi connectivity index (χ1v) is 3.93. The van der Waals surface area contributed by atoms with Gasteiger partial charge in [0.1, 0.15) is 0 Å². The van der Waals surface area contributed by atoms with E-state index >= 15 is 0 Å². The maximum Gasteiger partial charge on any atom is 0.294 e. The molecule has 0 spiro atoms. The van der Waals surface area contributed by atoms with Crippen molar-refractivity contribution in [1.82, 2.24) is 4.90 Å². The summed E-state index contributed by atoms with van der Waals surface area (Å²) >= 11 is 0. The fraction of sp³-hybridized carbons (Fsp3) is 0.400. The quantitative estimate of drug-likeness (QED) is 0.472. The third-order valence-electron chi connectivity index (χ3n) is 1.23. The van der Waals surface area contributed by atoms with Gasteiger partial charge in [0.25, 0.3) is 13.3 Å². The molecule has 0 aliphatic heterocycles. The molecule has 68 valence electrons. The van der Waals surface area contributed by atoms with Gasteiger partial charge in [0.15, 0.2) is 0 Å². The summed E-state index contributed by atoms with van der Waals surface area (Å²) in [4.78, 5) is 8.09. The first-order valence-electron chi connectivity index (χ1n) is 3.93. The molecule has 0 bridgehead atoms. The SMILES string of the molecule is [C-]#[N+]CN(/C=C/C=C(C)C)C[N+]#[C-]. The fourth-order valence-electron chi connectivity index (χ4n) is 0.678. The minimum Gasteiger partial charge on any atom is -0.293 e. The molecule has 3 nitrogen and oxygen atoms in total. The predicted molar refractivity (Wildman–Crippen MR) is 53.3 cm³/mol. The Hall–Kier alpha value is -1.74. The van der Waals surface area contributed by atoms with E-state index in [0.29, 0.717) is 0 Å². The summed E-state index contributed by atoms with van der Waals surface area (Å²) in [5.41, 5.74) is 1.20. The van der Waals surface area contributed by atoms with Crippen molar-refractivity contribution < 1.29 is 0 Å². The highest BCUT2D eigenvalue weighted by atomic mass is 15.2. The van der Waals surface area contributed by atoms with E-state index in [4.69, 9.17) is 13.1 Å². The molecule has 0 saturated heterocycles. The van der Waals surface area contributed by atoms with Crippen molar-refractivity contribution in [2.75, 3.05) is 13.3 Å². The van der Waals surface area contributed by atoms with Gasteiger partial charge in [-0.25, -0.2) is 18.0 Å². The van der Waals surface area contributed by atoms with E-state index in [1.807, 2.05) is 26.0 Å². The van der Waals surface area contributed by atoms with Crippen LogP contribution in [0.25, 0.3) is 9.69 Å². The van der Waals surface area contributed by atoms with E-state index < -0.39 is 0 Å². The fourth-order valence-corrected chi connectivity index (χ4v) is 0.678. The second-order valence-electron chi connectivity index (χ2n) is 2.77. The molecule has 0 aliphatic carbocycles. The van der Waals surface area contributed by atoms with Crippen LogP contribution < -0.4 is 0 Å². The minimum atomic E-state index is 0.246. The Labute approximate surface area is 79.6 Å². The Morgan fingerprint density at radius 2 is 1.77 bits per heavy atom. The second-order valence-corrected chi connectivity index (χ2v) is 2.77. The maximum atomic E-state index is 6.66. The molecule has 0 aliphatic rings. The van der Waals surface area contributed by atoms with Gasteiger partial charge >= 0.3 is 0 Å². The molecular formula is C10H13N3. The summed E-state index contributed by atoms with van der Waals surface area (Å²) in [6.45, 7) is 17.8. The van der Waals surface area contributed by atoms with E-state index in [1.54, 1.807) is 11.1 Å². The Morgan fingerprint density at radius 1 is 1.23 bits per heavy atom. The van der Waals surface area contributed by atoms with Crippen LogP contribution in [0.4, 0.5) is 0 Å². The average Bonchev–Trinajstić information content (AvgIpc) is 2.04. The summed E-state index contributed by atoms with van der Waals surface area (Å²) in [6.07, 6.45) is 5.57. The van der Waals surface area contributed by atoms with Crippen molar-refractivity contribution in [2.24, 2.45) is 0 Å². The topological polar surface area (TPSA) is 12.0 Å². The van der Waals surface area contributed by atoms with Crippen LogP contribution in [-0.2, 0) is 0 Å². The van der Waals surface area contributed by atoms with Crippen LogP contribution in [0.3, 0.4) is 0 Å². The number of hydrogen-bond acceptors (Lipinski definition) is 1. The highest BCUT2D eigenvalue weighted by molar-refractivity contribution is 5.08. The summed E-state index contributed by atoms with van der Waals surface area (Å²) in [7, 11) is 0. The first-order chi connectivity index (χ1) is 6.20. The lowest BCUT2D eigenvalue weighted by Gasteiger charge is -2.03. The standard InChI is InChI=1S/C10H13N3/c1-10(2)6-5-7-13(8-11-3)9-12-4/h5-7H,8-9H2,1-2H3/b7-5+. The highest BCUT2D eigenvalue weighted by Gasteiger charge is 2.00. The lowest BCUT2D eigenvalue weighted by atomic mass is 10.3. The zero-order chi connectivity index (χ0) is 10.1. The van der Waals surface area contributed by atoms with Gasteiger partial charge < -0.3 is 0 Å². The van der Waals surface area contributed by atoms with Crippen molar-refractivity contribution in [3.05, 3.63) is 46.8 Å². The second kappa shape index (κ2) is 6.94. The van der Waals surface area contributed by atoms with Crippen molar-refractivity contribution in [1.29, 1.82) is 0 Å². The van der Waals surface area contributed by atoms with E-state index in [0.717, 1.165) is 0 Å². The van der Waals surface area contributed by atoms with Crippen molar-refractivity contribution in [3.63, 3.8) is 0 Å². The summed E-state index contributed by atoms with van der Waals surface area (Å²) < 4.78 is 0. The first kappa shape index (κ1) is 11.3. The normalized spacial score (nSPS) is 8.92. The van der Waals surface area contributed by atoms with Gasteiger partial charge in [-0.15, -0.1) is 0 Å². The predicted octanol–water partition coefficient (Wildman–Crippen LogP) is 2.52. The molecule has 0 unspecified atom stereocenters. The molecule has 0 aromatic carbocycles. The van der Waals surface area contributed by atoms with E-state index in [-0.39, 0.29) is 13.3 Å². The van der Waals surface area contributed by atoms with E-state index in [9.17, 15) is 0 Å². The smallest absolute Gasteiger partial charge is 0.293 e. The van der Waals surface area contributed by atoms with Crippen LogP contribution in [0, 0.1) is 13.1 Å². The van der Waals surface area contributed by atoms with Crippen LogP contribution in [-0.4, -0.2) is 18.2 Å². The molecule has 3 heteroatoms. The van der Waals surface area contributed by atoms with Gasteiger partial charge in [-0.1, -0.05) is 11.6 Å². The molecule has 0 amide bonds. The van der Waals surface area contributed by atoms with Crippen molar-refractivity contribution >= 4 is 0 Å². The molecule has 0 N–H and O–H groups in total. The van der Waals surface area contributed by atoms with Crippen molar-refractivity contribution in [2.45, 2.75) is 13.8 Å². The van der Waals surface area contributed by atoms with E-state index in [2.05, 4.69) is 9.69 Å². The molecule has 0 aromatic heterocycles. The molecule has 0 fully saturated rings. The molecule has 0 saturated carbocycles. The molecule has 13 heavy (non-hydrogen) atoms. The van der Waals surface area contributed by atoms with Gasteiger partial charge in [-0.2, -0.15) is 0 Å². The summed E-state index contributed by atoms with van der Waals surface area (Å²) in [5.74, 6) is 0. The van der Waals surface area contributed by atoms with Crippen LogP contribution >= 0.6 is 0 Å². The van der Waals surface area contributed by atoms with Crippen molar-refractivity contribution in [3.8, 4) is 0 Å². The third-order valence-corrected chi connectivity index (χ3v) is 1.23. The Morgan fingerprint density at radius 3 is 2.15 bits per heavy atom. The lowest BCUT2D eigenvalue weighted by molar-refractivity contribution is 0.458. The Bertz CT molecular complexity index is 256. The zero-order valence-corrected chi connectivity index (χ0v) is 7.99. The van der Waals surface area contributed by atoms with Gasteiger partial charge in [0.2, 0.25) is 0 Å². The summed E-state index contributed by atoms with van der Waals surface area (Å²) in [5, 5.41) is 0. The number of nitrogens with zero attached hydrogens (tertiary/aromatic N) is 3. The van der Waals surface area contributed by atoms with Crippen LogP contribution in [0.15, 0.2) is 23.9 Å². The van der Waals surface area contributed by atoms with Gasteiger partial charge in [-0.3, -0.25) is 9.69 Å². The molecule has 0 heterocycles. The van der Waals surface area contributed by atoms with Crippen LogP contribution in [0.2, 0.25) is 0 Å². The Kier molecular flexibility index (Phi) is 6.01. The van der Waals surface area contributed by atoms with Gasteiger partial charge in [0.05, 0.1) is 0 Å². The van der Waals surface area contributed by atoms with E-state index in [1.165, 1.54) is 5.57 Å². The molecule has 0 radical (unpaired) electrons. The highest BCUT2D eigenvalue weighted by Crippen LogP contribution is 1.94. The summed E-state index contributed by atoms with van der Waals surface area (Å²) in [6, 6.07) is 0. The molecule has 0 rings (SSSR count). The minimum absolute atomic E-state index is 0.246. The monoisotopic (exact) mass is 175 g/mol. The third kappa shape index (κ3) is 6.65. The zero-order valence-electron chi connectivity index (χ0n) is 7.99. The Balaban J connectivity index is 4.11. The molecule has 0 aromatic rings. The van der Waals surface area contributed by atoms with Crippen LogP contribution in [0.5, 0.6) is 0 Å². The van der Waals surface area contributed by atoms with Gasteiger partial charge in [0, 0.05) is 6.20 Å². The largest absolute Gasteiger partial charge is 0.294 e. The number of hydrogen-bond donors (Lipinski definition) is 0. The number of rotatable bonds is 4. The molecule has 0 atom stereocenters. The number of allylic oxidation sites excluding steroid dienone is 3. The maximum absolute atomic E-state index is 6.66. The average molecular weight is 175 g/mol.